The summed E-state index contributed by atoms with van der Waals surface area (Å²) in [6, 6.07) is 2.82. The van der Waals surface area contributed by atoms with Crippen LogP contribution in [0.3, 0.4) is 0 Å². The second-order valence-corrected chi connectivity index (χ2v) is 6.24. The molecule has 1 atom stereocenters. The molecule has 0 spiro atoms. The van der Waals surface area contributed by atoms with E-state index in [1.54, 1.807) is 6.33 Å². The van der Waals surface area contributed by atoms with Gasteiger partial charge in [-0.1, -0.05) is 0 Å². The summed E-state index contributed by atoms with van der Waals surface area (Å²) in [4.78, 5) is 11.3. The van der Waals surface area contributed by atoms with Crippen LogP contribution in [0.25, 0.3) is 11.0 Å². The molecule has 114 valence electrons. The summed E-state index contributed by atoms with van der Waals surface area (Å²) in [6.45, 7) is 6.01. The van der Waals surface area contributed by atoms with Crippen LogP contribution >= 0.6 is 0 Å². The van der Waals surface area contributed by atoms with E-state index in [-0.39, 0.29) is 0 Å². The first kappa shape index (κ1) is 13.5. The van der Waals surface area contributed by atoms with Gasteiger partial charge in [0.2, 0.25) is 0 Å². The van der Waals surface area contributed by atoms with E-state index in [0.717, 1.165) is 73.6 Å². The number of aryl methyl sites for hydroxylation is 1. The number of fused-ring (bicyclic) bond motifs is 3. The molecular weight excluding hydrogens is 276 g/mol. The predicted molar refractivity (Wildman–Crippen MR) is 84.9 cm³/mol. The topological polar surface area (TPSA) is 69.8 Å². The number of piperazine rings is 1. The average Bonchev–Trinajstić information content (AvgIpc) is 2.88. The Hall–Kier alpha value is -2.13. The smallest absolute Gasteiger partial charge is 0.156 e. The van der Waals surface area contributed by atoms with Crippen LogP contribution < -0.4 is 10.2 Å². The molecule has 22 heavy (non-hydrogen) atoms. The van der Waals surface area contributed by atoms with E-state index in [0.29, 0.717) is 6.04 Å². The average molecular weight is 296 g/mol. The normalized spacial score (nSPS) is 21.6. The van der Waals surface area contributed by atoms with E-state index in [1.165, 1.54) is 0 Å². The Morgan fingerprint density at radius 2 is 2.23 bits per heavy atom. The molecule has 1 saturated heterocycles. The minimum absolute atomic E-state index is 0.449. The number of rotatable bonds is 1. The lowest BCUT2D eigenvalue weighted by Gasteiger charge is -2.33. The molecule has 6 heteroatoms. The summed E-state index contributed by atoms with van der Waals surface area (Å²) in [6.07, 6.45) is 4.89. The van der Waals surface area contributed by atoms with Crippen LogP contribution in [-0.2, 0) is 13.0 Å². The molecule has 6 nitrogen and oxygen atoms in total. The van der Waals surface area contributed by atoms with E-state index in [9.17, 15) is 5.26 Å². The van der Waals surface area contributed by atoms with E-state index in [1.807, 2.05) is 0 Å². The summed E-state index contributed by atoms with van der Waals surface area (Å²) in [5, 5.41) is 13.0. The zero-order valence-corrected chi connectivity index (χ0v) is 12.8. The second kappa shape index (κ2) is 5.25. The molecule has 2 aromatic rings. The SMILES string of the molecule is CC1CN(c2ncnc3c(C#N)c4n(c23)CCCC4)CCN1. The Morgan fingerprint density at radius 1 is 1.32 bits per heavy atom. The van der Waals surface area contributed by atoms with Gasteiger partial charge in [0.15, 0.2) is 5.82 Å². The van der Waals surface area contributed by atoms with Gasteiger partial charge in [0.1, 0.15) is 23.4 Å². The second-order valence-electron chi connectivity index (χ2n) is 6.24. The third-order valence-electron chi connectivity index (χ3n) is 4.75. The maximum atomic E-state index is 9.58. The van der Waals surface area contributed by atoms with Gasteiger partial charge in [-0.3, -0.25) is 0 Å². The quantitative estimate of drug-likeness (QED) is 0.862. The highest BCUT2D eigenvalue weighted by Crippen LogP contribution is 2.33. The van der Waals surface area contributed by atoms with Crippen molar-refractivity contribution in [2.45, 2.75) is 38.8 Å². The van der Waals surface area contributed by atoms with E-state index < -0.39 is 0 Å². The van der Waals surface area contributed by atoms with Crippen molar-refractivity contribution in [3.8, 4) is 6.07 Å². The molecule has 2 aliphatic rings. The zero-order chi connectivity index (χ0) is 15.1. The fourth-order valence-electron chi connectivity index (χ4n) is 3.75. The standard InChI is InChI=1S/C16H20N6/c1-11-9-21(7-5-18-11)16-15-14(19-10-20-16)12(8-17)13-4-2-3-6-22(13)15/h10-11,18H,2-7,9H2,1H3. The van der Waals surface area contributed by atoms with Crippen molar-refractivity contribution in [2.24, 2.45) is 0 Å². The third kappa shape index (κ3) is 1.97. The highest BCUT2D eigenvalue weighted by Gasteiger charge is 2.26. The van der Waals surface area contributed by atoms with Gasteiger partial charge in [-0.2, -0.15) is 5.26 Å². The maximum absolute atomic E-state index is 9.58. The van der Waals surface area contributed by atoms with Gasteiger partial charge >= 0.3 is 0 Å². The Kier molecular flexibility index (Phi) is 3.23. The van der Waals surface area contributed by atoms with E-state index in [4.69, 9.17) is 0 Å². The molecule has 0 radical (unpaired) electrons. The van der Waals surface area contributed by atoms with Crippen LogP contribution in [0.2, 0.25) is 0 Å². The summed E-state index contributed by atoms with van der Waals surface area (Å²) >= 11 is 0. The predicted octanol–water partition coefficient (Wildman–Crippen LogP) is 1.44. The molecule has 2 aliphatic heterocycles. The van der Waals surface area contributed by atoms with Gasteiger partial charge in [0, 0.05) is 37.9 Å². The van der Waals surface area contributed by atoms with Crippen LogP contribution in [0.1, 0.15) is 31.0 Å². The minimum atomic E-state index is 0.449. The van der Waals surface area contributed by atoms with E-state index >= 15 is 0 Å². The van der Waals surface area contributed by atoms with Crippen LogP contribution in [0, 0.1) is 11.3 Å². The number of nitrogens with one attached hydrogen (secondary N) is 1. The highest BCUT2D eigenvalue weighted by molar-refractivity contribution is 5.92. The van der Waals surface area contributed by atoms with Crippen molar-refractivity contribution in [2.75, 3.05) is 24.5 Å². The molecule has 2 aromatic heterocycles. The first-order valence-corrected chi connectivity index (χ1v) is 8.04. The Labute approximate surface area is 129 Å². The Morgan fingerprint density at radius 3 is 3.05 bits per heavy atom. The van der Waals surface area contributed by atoms with Gasteiger partial charge in [-0.05, 0) is 26.2 Å². The summed E-state index contributed by atoms with van der Waals surface area (Å²) in [5.41, 5.74) is 3.79. The third-order valence-corrected chi connectivity index (χ3v) is 4.75. The highest BCUT2D eigenvalue weighted by atomic mass is 15.3. The van der Waals surface area contributed by atoms with Crippen molar-refractivity contribution in [3.05, 3.63) is 17.6 Å². The van der Waals surface area contributed by atoms with Crippen molar-refractivity contribution in [1.82, 2.24) is 19.9 Å². The largest absolute Gasteiger partial charge is 0.352 e. The Bertz CT molecular complexity index is 756. The molecule has 0 saturated carbocycles. The number of anilines is 1. The number of nitrogens with zero attached hydrogens (tertiary/aromatic N) is 5. The molecule has 0 amide bonds. The van der Waals surface area contributed by atoms with Crippen molar-refractivity contribution in [1.29, 1.82) is 5.26 Å². The number of hydrogen-bond acceptors (Lipinski definition) is 5. The maximum Gasteiger partial charge on any atom is 0.156 e. The lowest BCUT2D eigenvalue weighted by atomic mass is 10.1. The lowest BCUT2D eigenvalue weighted by Crippen LogP contribution is -2.49. The number of aromatic nitrogens is 3. The van der Waals surface area contributed by atoms with Crippen LogP contribution in [0.4, 0.5) is 5.82 Å². The first-order chi connectivity index (χ1) is 10.8. The molecule has 1 unspecified atom stereocenters. The molecule has 1 fully saturated rings. The van der Waals surface area contributed by atoms with E-state index in [2.05, 4.69) is 37.7 Å². The number of nitriles is 1. The monoisotopic (exact) mass is 296 g/mol. The van der Waals surface area contributed by atoms with Crippen LogP contribution in [-0.4, -0.2) is 40.2 Å². The minimum Gasteiger partial charge on any atom is -0.352 e. The van der Waals surface area contributed by atoms with Crippen molar-refractivity contribution >= 4 is 16.9 Å². The lowest BCUT2D eigenvalue weighted by molar-refractivity contribution is 0.481. The van der Waals surface area contributed by atoms with Crippen molar-refractivity contribution < 1.29 is 0 Å². The van der Waals surface area contributed by atoms with Crippen LogP contribution in [0.15, 0.2) is 6.33 Å². The fourth-order valence-corrected chi connectivity index (χ4v) is 3.75. The summed E-state index contributed by atoms with van der Waals surface area (Å²) in [5.74, 6) is 0.989. The molecule has 0 bridgehead atoms. The van der Waals surface area contributed by atoms with Gasteiger partial charge < -0.3 is 14.8 Å². The summed E-state index contributed by atoms with van der Waals surface area (Å²) < 4.78 is 2.29. The molecule has 4 rings (SSSR count). The van der Waals surface area contributed by atoms with Gasteiger partial charge in [-0.15, -0.1) is 0 Å². The molecule has 1 N–H and O–H groups in total. The van der Waals surface area contributed by atoms with Gasteiger partial charge in [0.25, 0.3) is 0 Å². The number of hydrogen-bond donors (Lipinski definition) is 1. The Balaban J connectivity index is 1.93. The fraction of sp³-hybridized carbons (Fsp3) is 0.562. The van der Waals surface area contributed by atoms with Crippen LogP contribution in [0.5, 0.6) is 0 Å². The molecule has 0 aliphatic carbocycles. The van der Waals surface area contributed by atoms with Crippen molar-refractivity contribution in [3.63, 3.8) is 0 Å². The molecule has 0 aromatic carbocycles. The molecule has 4 heterocycles. The van der Waals surface area contributed by atoms with Gasteiger partial charge in [-0.25, -0.2) is 9.97 Å². The van der Waals surface area contributed by atoms with Gasteiger partial charge in [0.05, 0.1) is 5.56 Å². The summed E-state index contributed by atoms with van der Waals surface area (Å²) in [7, 11) is 0. The zero-order valence-electron chi connectivity index (χ0n) is 12.8. The first-order valence-electron chi connectivity index (χ1n) is 8.04. The molecular formula is C16H20N6.